The van der Waals surface area contributed by atoms with Crippen molar-refractivity contribution in [1.29, 1.82) is 0 Å². The Bertz CT molecular complexity index is 341. The summed E-state index contributed by atoms with van der Waals surface area (Å²) in [5.41, 5.74) is 0.711. The number of hydrogen-bond donors (Lipinski definition) is 2. The van der Waals surface area contributed by atoms with Gasteiger partial charge in [0.2, 0.25) is 5.91 Å². The van der Waals surface area contributed by atoms with Gasteiger partial charge in [-0.2, -0.15) is 0 Å². The monoisotopic (exact) mass is 277 g/mol. The highest BCUT2D eigenvalue weighted by atomic mass is 35.5. The summed E-state index contributed by atoms with van der Waals surface area (Å²) in [6.07, 6.45) is 4.49. The molecule has 17 heavy (non-hydrogen) atoms. The minimum atomic E-state index is -0.0195. The van der Waals surface area contributed by atoms with E-state index in [0.717, 1.165) is 5.82 Å². The van der Waals surface area contributed by atoms with E-state index in [0.29, 0.717) is 18.5 Å². The van der Waals surface area contributed by atoms with Crippen LogP contribution in [0, 0.1) is 0 Å². The van der Waals surface area contributed by atoms with Gasteiger partial charge in [0, 0.05) is 13.5 Å². The van der Waals surface area contributed by atoms with Crippen LogP contribution in [0.1, 0.15) is 12.8 Å². The van der Waals surface area contributed by atoms with Gasteiger partial charge in [-0.1, -0.05) is 6.08 Å². The van der Waals surface area contributed by atoms with Crippen LogP contribution in [0.2, 0.25) is 0 Å². The molecule has 0 unspecified atom stereocenters. The summed E-state index contributed by atoms with van der Waals surface area (Å²) in [4.78, 5) is 15.4. The number of anilines is 2. The third kappa shape index (κ3) is 6.81. The first-order valence-corrected chi connectivity index (χ1v) is 4.81. The Morgan fingerprint density at radius 2 is 2.18 bits per heavy atom. The van der Waals surface area contributed by atoms with Gasteiger partial charge < -0.3 is 10.6 Å². The Morgan fingerprint density at radius 3 is 2.65 bits per heavy atom. The van der Waals surface area contributed by atoms with E-state index in [9.17, 15) is 4.79 Å². The van der Waals surface area contributed by atoms with Crippen LogP contribution in [0.3, 0.4) is 0 Å². The molecule has 0 fully saturated rings. The van der Waals surface area contributed by atoms with Gasteiger partial charge in [0.25, 0.3) is 0 Å². The van der Waals surface area contributed by atoms with Crippen LogP contribution in [0.15, 0.2) is 31.0 Å². The number of carbonyl (C=O) groups is 1. The van der Waals surface area contributed by atoms with E-state index >= 15 is 0 Å². The van der Waals surface area contributed by atoms with E-state index in [1.165, 1.54) is 0 Å². The van der Waals surface area contributed by atoms with Crippen molar-refractivity contribution in [3.63, 3.8) is 0 Å². The predicted molar refractivity (Wildman–Crippen MR) is 76.3 cm³/mol. The van der Waals surface area contributed by atoms with Gasteiger partial charge in [-0.25, -0.2) is 4.98 Å². The van der Waals surface area contributed by atoms with Crippen molar-refractivity contribution in [3.8, 4) is 0 Å². The summed E-state index contributed by atoms with van der Waals surface area (Å²) < 4.78 is 0. The maximum absolute atomic E-state index is 11.3. The molecule has 0 atom stereocenters. The fourth-order valence-electron chi connectivity index (χ4n) is 1.07. The average Bonchev–Trinajstić information content (AvgIpc) is 2.27. The lowest BCUT2D eigenvalue weighted by Gasteiger charge is -2.04. The van der Waals surface area contributed by atoms with Crippen molar-refractivity contribution in [2.75, 3.05) is 17.7 Å². The van der Waals surface area contributed by atoms with Gasteiger partial charge in [-0.15, -0.1) is 31.4 Å². The van der Waals surface area contributed by atoms with E-state index in [4.69, 9.17) is 0 Å². The third-order valence-corrected chi connectivity index (χ3v) is 1.88. The standard InChI is InChI=1S/C11H15N3O.2ClH/c1-3-4-5-11(15)14-9-6-7-10(12-2)13-8-9;;/h3,6-8H,1,4-5H2,2H3,(H,12,13)(H,14,15);2*1H. The second-order valence-corrected chi connectivity index (χ2v) is 3.06. The minimum Gasteiger partial charge on any atom is -0.373 e. The molecule has 0 radical (unpaired) electrons. The molecule has 1 aromatic rings. The molecule has 1 aromatic heterocycles. The Hall–Kier alpha value is -1.26. The van der Waals surface area contributed by atoms with Crippen LogP contribution in [-0.2, 0) is 4.79 Å². The molecular weight excluding hydrogens is 261 g/mol. The first-order chi connectivity index (χ1) is 7.26. The van der Waals surface area contributed by atoms with Crippen molar-refractivity contribution in [2.45, 2.75) is 12.8 Å². The number of hydrogen-bond acceptors (Lipinski definition) is 3. The molecule has 0 aromatic carbocycles. The summed E-state index contributed by atoms with van der Waals surface area (Å²) in [6.45, 7) is 3.56. The second-order valence-electron chi connectivity index (χ2n) is 3.06. The Balaban J connectivity index is 0. The maximum Gasteiger partial charge on any atom is 0.224 e. The highest BCUT2D eigenvalue weighted by molar-refractivity contribution is 5.90. The Kier molecular flexibility index (Phi) is 10.6. The molecule has 0 aliphatic heterocycles. The van der Waals surface area contributed by atoms with Crippen molar-refractivity contribution in [2.24, 2.45) is 0 Å². The molecule has 0 spiro atoms. The molecule has 1 amide bonds. The smallest absolute Gasteiger partial charge is 0.224 e. The van der Waals surface area contributed by atoms with Gasteiger partial charge >= 0.3 is 0 Å². The highest BCUT2D eigenvalue weighted by Gasteiger charge is 2.00. The molecular formula is C11H17Cl2N3O. The zero-order valence-electron chi connectivity index (χ0n) is 9.60. The summed E-state index contributed by atoms with van der Waals surface area (Å²) >= 11 is 0. The van der Waals surface area contributed by atoms with Crippen LogP contribution >= 0.6 is 24.8 Å². The maximum atomic E-state index is 11.3. The Labute approximate surface area is 114 Å². The number of halogens is 2. The number of aromatic nitrogens is 1. The first kappa shape index (κ1) is 18.1. The average molecular weight is 278 g/mol. The third-order valence-electron chi connectivity index (χ3n) is 1.88. The summed E-state index contributed by atoms with van der Waals surface area (Å²) in [5, 5.41) is 5.66. The summed E-state index contributed by atoms with van der Waals surface area (Å²) in [5.74, 6) is 0.757. The number of nitrogens with zero attached hydrogens (tertiary/aromatic N) is 1. The summed E-state index contributed by atoms with van der Waals surface area (Å²) in [6, 6.07) is 3.62. The molecule has 0 aliphatic carbocycles. The fraction of sp³-hybridized carbons (Fsp3) is 0.273. The van der Waals surface area contributed by atoms with Crippen molar-refractivity contribution < 1.29 is 4.79 Å². The molecule has 2 N–H and O–H groups in total. The van der Waals surface area contributed by atoms with E-state index < -0.39 is 0 Å². The number of carbonyl (C=O) groups excluding carboxylic acids is 1. The van der Waals surface area contributed by atoms with Crippen LogP contribution in [0.5, 0.6) is 0 Å². The van der Waals surface area contributed by atoms with Gasteiger partial charge in [0.1, 0.15) is 5.82 Å². The number of nitrogens with one attached hydrogen (secondary N) is 2. The van der Waals surface area contributed by atoms with E-state index in [1.54, 1.807) is 19.3 Å². The second kappa shape index (κ2) is 9.93. The van der Waals surface area contributed by atoms with Crippen LogP contribution in [0.25, 0.3) is 0 Å². The molecule has 4 nitrogen and oxygen atoms in total. The molecule has 1 rings (SSSR count). The fourth-order valence-corrected chi connectivity index (χ4v) is 1.07. The zero-order valence-corrected chi connectivity index (χ0v) is 11.2. The highest BCUT2D eigenvalue weighted by Crippen LogP contribution is 2.09. The molecule has 0 bridgehead atoms. The van der Waals surface area contributed by atoms with E-state index in [2.05, 4.69) is 22.2 Å². The quantitative estimate of drug-likeness (QED) is 0.814. The SMILES string of the molecule is C=CCCC(=O)Nc1ccc(NC)nc1.Cl.Cl. The lowest BCUT2D eigenvalue weighted by molar-refractivity contribution is -0.116. The number of pyridine rings is 1. The number of amides is 1. The number of allylic oxidation sites excluding steroid dienone is 1. The first-order valence-electron chi connectivity index (χ1n) is 4.81. The Morgan fingerprint density at radius 1 is 1.47 bits per heavy atom. The topological polar surface area (TPSA) is 54.0 Å². The lowest BCUT2D eigenvalue weighted by Crippen LogP contribution is -2.10. The van der Waals surface area contributed by atoms with E-state index in [-0.39, 0.29) is 30.7 Å². The zero-order chi connectivity index (χ0) is 11.1. The van der Waals surface area contributed by atoms with Crippen molar-refractivity contribution >= 4 is 42.2 Å². The largest absolute Gasteiger partial charge is 0.373 e. The van der Waals surface area contributed by atoms with Crippen LogP contribution in [0.4, 0.5) is 11.5 Å². The predicted octanol–water partition coefficient (Wildman–Crippen LogP) is 2.87. The van der Waals surface area contributed by atoms with Crippen molar-refractivity contribution in [1.82, 2.24) is 4.98 Å². The van der Waals surface area contributed by atoms with Crippen LogP contribution < -0.4 is 10.6 Å². The molecule has 1 heterocycles. The van der Waals surface area contributed by atoms with Gasteiger partial charge in [-0.3, -0.25) is 4.79 Å². The van der Waals surface area contributed by atoms with Gasteiger partial charge in [-0.05, 0) is 18.6 Å². The minimum absolute atomic E-state index is 0. The number of rotatable bonds is 5. The molecule has 0 saturated heterocycles. The van der Waals surface area contributed by atoms with E-state index in [1.807, 2.05) is 12.1 Å². The molecule has 0 aliphatic rings. The van der Waals surface area contributed by atoms with Crippen molar-refractivity contribution in [3.05, 3.63) is 31.0 Å². The summed E-state index contributed by atoms with van der Waals surface area (Å²) in [7, 11) is 1.80. The normalized spacial score (nSPS) is 8.29. The molecule has 6 heteroatoms. The van der Waals surface area contributed by atoms with Crippen LogP contribution in [-0.4, -0.2) is 17.9 Å². The van der Waals surface area contributed by atoms with Gasteiger partial charge in [0.05, 0.1) is 11.9 Å². The lowest BCUT2D eigenvalue weighted by atomic mass is 10.3. The molecule has 0 saturated carbocycles. The van der Waals surface area contributed by atoms with Gasteiger partial charge in [0.15, 0.2) is 0 Å². The molecule has 96 valence electrons.